The summed E-state index contributed by atoms with van der Waals surface area (Å²) in [5.74, 6) is 0.875. The van der Waals surface area contributed by atoms with Gasteiger partial charge in [0.15, 0.2) is 0 Å². The number of methoxy groups -OCH3 is 1. The molecule has 0 radical (unpaired) electrons. The van der Waals surface area contributed by atoms with Crippen molar-refractivity contribution in [3.05, 3.63) is 57.6 Å². The molecule has 1 aliphatic rings. The van der Waals surface area contributed by atoms with Crippen LogP contribution in [0.15, 0.2) is 30.3 Å². The lowest BCUT2D eigenvalue weighted by Crippen LogP contribution is -2.34. The van der Waals surface area contributed by atoms with Crippen LogP contribution in [-0.4, -0.2) is 28.5 Å². The maximum atomic E-state index is 5.82. The van der Waals surface area contributed by atoms with Gasteiger partial charge < -0.3 is 9.72 Å². The van der Waals surface area contributed by atoms with Gasteiger partial charge in [-0.1, -0.05) is 56.4 Å². The van der Waals surface area contributed by atoms with E-state index in [4.69, 9.17) is 21.9 Å². The van der Waals surface area contributed by atoms with E-state index in [2.05, 4.69) is 54.1 Å². The molecule has 134 valence electrons. The number of nitrogens with one attached hydrogen (secondary N) is 1. The fraction of sp³-hybridized carbons (Fsp3) is 0.500. The minimum Gasteiger partial charge on any atom is -0.370 e. The molecule has 0 saturated heterocycles. The second-order valence-corrected chi connectivity index (χ2v) is 7.09. The molecule has 4 nitrogen and oxygen atoms in total. The molecule has 1 N–H and O–H groups in total. The molecular weight excluding hydrogens is 330 g/mol. The number of aromatic amines is 1. The van der Waals surface area contributed by atoms with E-state index in [0.717, 1.165) is 50.3 Å². The number of fused-ring (bicyclic) bond motifs is 1. The third-order valence-electron chi connectivity index (χ3n) is 5.38. The molecule has 3 rings (SSSR count). The first-order valence-corrected chi connectivity index (χ1v) is 9.46. The molecule has 0 unspecified atom stereocenters. The van der Waals surface area contributed by atoms with E-state index in [1.165, 1.54) is 11.3 Å². The van der Waals surface area contributed by atoms with Crippen molar-refractivity contribution in [1.29, 1.82) is 0 Å². The van der Waals surface area contributed by atoms with Crippen LogP contribution in [0, 0.1) is 4.64 Å². The molecule has 0 bridgehead atoms. The van der Waals surface area contributed by atoms with Gasteiger partial charge in [0.1, 0.15) is 16.1 Å². The Morgan fingerprint density at radius 2 is 1.96 bits per heavy atom. The van der Waals surface area contributed by atoms with E-state index >= 15 is 0 Å². The van der Waals surface area contributed by atoms with Crippen LogP contribution < -0.4 is 0 Å². The first-order chi connectivity index (χ1) is 12.1. The molecule has 0 amide bonds. The van der Waals surface area contributed by atoms with E-state index in [9.17, 15) is 0 Å². The summed E-state index contributed by atoms with van der Waals surface area (Å²) in [4.78, 5) is 10.7. The number of aromatic nitrogens is 2. The summed E-state index contributed by atoms with van der Waals surface area (Å²) in [6.07, 6.45) is 2.71. The summed E-state index contributed by atoms with van der Waals surface area (Å²) < 4.78 is 6.53. The highest BCUT2D eigenvalue weighted by atomic mass is 32.1. The van der Waals surface area contributed by atoms with Crippen LogP contribution in [0.2, 0.25) is 0 Å². The summed E-state index contributed by atoms with van der Waals surface area (Å²) in [6, 6.07) is 10.6. The largest absolute Gasteiger partial charge is 0.370 e. The molecule has 0 atom stereocenters. The van der Waals surface area contributed by atoms with E-state index in [-0.39, 0.29) is 5.60 Å². The van der Waals surface area contributed by atoms with Crippen LogP contribution >= 0.6 is 12.2 Å². The van der Waals surface area contributed by atoms with Crippen LogP contribution in [0.4, 0.5) is 0 Å². The summed E-state index contributed by atoms with van der Waals surface area (Å²) in [6.45, 7) is 7.09. The smallest absolute Gasteiger partial charge is 0.140 e. The third kappa shape index (κ3) is 3.68. The fourth-order valence-corrected chi connectivity index (χ4v) is 3.94. The van der Waals surface area contributed by atoms with Gasteiger partial charge in [0.05, 0.1) is 0 Å². The van der Waals surface area contributed by atoms with Gasteiger partial charge in [-0.2, -0.15) is 0 Å². The highest BCUT2D eigenvalue weighted by Crippen LogP contribution is 2.31. The number of H-pyrrole nitrogens is 1. The fourth-order valence-electron chi connectivity index (χ4n) is 3.66. The van der Waals surface area contributed by atoms with Crippen LogP contribution in [0.25, 0.3) is 0 Å². The van der Waals surface area contributed by atoms with Gasteiger partial charge in [-0.3, -0.25) is 4.90 Å². The maximum absolute atomic E-state index is 5.82. The lowest BCUT2D eigenvalue weighted by Gasteiger charge is -2.32. The predicted octanol–water partition coefficient (Wildman–Crippen LogP) is 4.36. The van der Waals surface area contributed by atoms with Gasteiger partial charge in [-0.15, -0.1) is 0 Å². The molecule has 1 aliphatic heterocycles. The van der Waals surface area contributed by atoms with Crippen LogP contribution in [-0.2, 0) is 29.8 Å². The molecule has 1 aromatic carbocycles. The Morgan fingerprint density at radius 3 is 2.60 bits per heavy atom. The number of rotatable bonds is 6. The van der Waals surface area contributed by atoms with Crippen molar-refractivity contribution in [2.75, 3.05) is 13.7 Å². The molecule has 25 heavy (non-hydrogen) atoms. The zero-order valence-electron chi connectivity index (χ0n) is 15.3. The van der Waals surface area contributed by atoms with E-state index < -0.39 is 0 Å². The SMILES string of the molecule is CCC(CC)(OC)c1nc(=S)c2c([nH]1)CCN(Cc1ccccc1)C2. The van der Waals surface area contributed by atoms with Gasteiger partial charge in [-0.05, 0) is 18.4 Å². The molecule has 5 heteroatoms. The highest BCUT2D eigenvalue weighted by molar-refractivity contribution is 7.71. The van der Waals surface area contributed by atoms with Gasteiger partial charge in [0, 0.05) is 44.4 Å². The molecule has 2 aromatic rings. The van der Waals surface area contributed by atoms with Gasteiger partial charge >= 0.3 is 0 Å². The number of hydrogen-bond acceptors (Lipinski definition) is 4. The molecule has 0 spiro atoms. The standard InChI is InChI=1S/C20H27N3OS/c1-4-20(5-2,24-3)19-21-17-11-12-23(14-16(17)18(25)22-19)13-15-9-7-6-8-10-15/h6-10H,4-5,11-14H2,1-3H3,(H,21,22,25). The Bertz CT molecular complexity index is 760. The van der Waals surface area contributed by atoms with Gasteiger partial charge in [-0.25, -0.2) is 4.98 Å². The summed E-state index contributed by atoms with van der Waals surface area (Å²) in [7, 11) is 1.76. The predicted molar refractivity (Wildman–Crippen MR) is 103 cm³/mol. The first kappa shape index (κ1) is 18.2. The minimum atomic E-state index is -0.371. The number of benzene rings is 1. The van der Waals surface area contributed by atoms with Gasteiger partial charge in [0.25, 0.3) is 0 Å². The first-order valence-electron chi connectivity index (χ1n) is 9.06. The van der Waals surface area contributed by atoms with Gasteiger partial charge in [0.2, 0.25) is 0 Å². The topological polar surface area (TPSA) is 41.1 Å². The van der Waals surface area contributed by atoms with Crippen molar-refractivity contribution in [1.82, 2.24) is 14.9 Å². The monoisotopic (exact) mass is 357 g/mol. The van der Waals surface area contributed by atoms with Crippen LogP contribution in [0.5, 0.6) is 0 Å². The van der Waals surface area contributed by atoms with Crippen molar-refractivity contribution in [3.63, 3.8) is 0 Å². The van der Waals surface area contributed by atoms with Crippen molar-refractivity contribution in [3.8, 4) is 0 Å². The van der Waals surface area contributed by atoms with E-state index in [1.54, 1.807) is 7.11 Å². The normalized spacial score (nSPS) is 15.2. The Balaban J connectivity index is 1.86. The molecule has 1 aromatic heterocycles. The average molecular weight is 358 g/mol. The van der Waals surface area contributed by atoms with E-state index in [1.807, 2.05) is 0 Å². The molecule has 0 aliphatic carbocycles. The van der Waals surface area contributed by atoms with Crippen LogP contribution in [0.1, 0.15) is 49.3 Å². The molecule has 0 saturated carbocycles. The molecular formula is C20H27N3OS. The van der Waals surface area contributed by atoms with E-state index in [0.29, 0.717) is 4.64 Å². The number of ether oxygens (including phenoxy) is 1. The average Bonchev–Trinajstić information content (AvgIpc) is 2.65. The minimum absolute atomic E-state index is 0.371. The lowest BCUT2D eigenvalue weighted by atomic mass is 9.95. The highest BCUT2D eigenvalue weighted by Gasteiger charge is 2.32. The second kappa shape index (κ2) is 7.77. The van der Waals surface area contributed by atoms with Crippen molar-refractivity contribution in [2.24, 2.45) is 0 Å². The van der Waals surface area contributed by atoms with Crippen LogP contribution in [0.3, 0.4) is 0 Å². The van der Waals surface area contributed by atoms with Crippen molar-refractivity contribution >= 4 is 12.2 Å². The maximum Gasteiger partial charge on any atom is 0.140 e. The summed E-state index contributed by atoms with van der Waals surface area (Å²) >= 11 is 5.64. The Morgan fingerprint density at radius 1 is 1.24 bits per heavy atom. The molecule has 0 fully saturated rings. The number of hydrogen-bond donors (Lipinski definition) is 1. The lowest BCUT2D eigenvalue weighted by molar-refractivity contribution is -0.0295. The second-order valence-electron chi connectivity index (χ2n) is 6.70. The third-order valence-corrected chi connectivity index (χ3v) is 5.72. The van der Waals surface area contributed by atoms with Crippen molar-refractivity contribution < 1.29 is 4.74 Å². The Kier molecular flexibility index (Phi) is 5.67. The molecule has 2 heterocycles. The van der Waals surface area contributed by atoms with Crippen molar-refractivity contribution in [2.45, 2.75) is 51.8 Å². The Hall–Kier alpha value is -1.56. The zero-order valence-corrected chi connectivity index (χ0v) is 16.2. The summed E-state index contributed by atoms with van der Waals surface area (Å²) in [5, 5.41) is 0. The zero-order chi connectivity index (χ0) is 17.9. The summed E-state index contributed by atoms with van der Waals surface area (Å²) in [5.41, 5.74) is 3.35. The Labute approximate surface area is 155 Å². The number of nitrogens with zero attached hydrogens (tertiary/aromatic N) is 2. The quantitative estimate of drug-likeness (QED) is 0.780.